The van der Waals surface area contributed by atoms with Crippen LogP contribution in [0.4, 0.5) is 0 Å². The van der Waals surface area contributed by atoms with E-state index in [1.165, 1.54) is 0 Å². The van der Waals surface area contributed by atoms with Gasteiger partial charge < -0.3 is 0 Å². The van der Waals surface area contributed by atoms with E-state index in [2.05, 4.69) is 4.98 Å². The largest absolute Gasteiger partial charge is 0.293 e. The van der Waals surface area contributed by atoms with E-state index in [1.54, 1.807) is 34.2 Å². The summed E-state index contributed by atoms with van der Waals surface area (Å²) in [5.41, 5.74) is 2.75. The van der Waals surface area contributed by atoms with Crippen LogP contribution < -0.4 is 10.1 Å². The van der Waals surface area contributed by atoms with Crippen molar-refractivity contribution in [3.8, 4) is 11.4 Å². The van der Waals surface area contributed by atoms with Crippen LogP contribution in [0.2, 0.25) is 0 Å². The van der Waals surface area contributed by atoms with Gasteiger partial charge in [-0.25, -0.2) is 9.55 Å². The molecule has 1 aromatic carbocycles. The number of rotatable bonds is 6. The number of aromatic nitrogens is 3. The molecule has 0 atom stereocenters. The second kappa shape index (κ2) is 7.78. The Balaban J connectivity index is 1.45. The molecule has 1 N–H and O–H groups in total. The minimum atomic E-state index is -0.0579. The Morgan fingerprint density at radius 2 is 1.93 bits per heavy atom. The number of benzene rings is 1. The van der Waals surface area contributed by atoms with Crippen molar-refractivity contribution in [2.45, 2.75) is 19.8 Å². The molecule has 0 spiro atoms. The maximum Gasteiger partial charge on any atom is 0.255 e. The monoisotopic (exact) mass is 390 g/mol. The van der Waals surface area contributed by atoms with Gasteiger partial charge in [-0.2, -0.15) is 0 Å². The molecule has 3 aromatic heterocycles. The van der Waals surface area contributed by atoms with Crippen LogP contribution in [0.1, 0.15) is 26.7 Å². The highest BCUT2D eigenvalue weighted by Gasteiger charge is 2.13. The summed E-state index contributed by atoms with van der Waals surface area (Å²) in [6, 6.07) is 16.7. The topological polar surface area (TPSA) is 58.7 Å². The molecule has 0 saturated heterocycles. The number of imidazole rings is 1. The maximum atomic E-state index is 12.3. The molecule has 0 saturated carbocycles. The Bertz CT molecular complexity index is 1170. The normalized spacial score (nSPS) is 10.9. The molecule has 6 heteroatoms. The minimum Gasteiger partial charge on any atom is -0.293 e. The van der Waals surface area contributed by atoms with Crippen LogP contribution in [0.15, 0.2) is 78.1 Å². The lowest BCUT2D eigenvalue weighted by Crippen LogP contribution is -2.27. The quantitative estimate of drug-likeness (QED) is 0.404. The van der Waals surface area contributed by atoms with Crippen molar-refractivity contribution in [1.29, 1.82) is 0 Å². The van der Waals surface area contributed by atoms with Gasteiger partial charge in [-0.05, 0) is 49.4 Å². The summed E-state index contributed by atoms with van der Waals surface area (Å²) in [5.74, 6) is 0.178. The van der Waals surface area contributed by atoms with Crippen LogP contribution in [0, 0.1) is 6.92 Å². The molecular formula is C22H20N3O2S+. The molecule has 3 heterocycles. The van der Waals surface area contributed by atoms with Gasteiger partial charge in [0.1, 0.15) is 17.6 Å². The molecule has 0 fully saturated rings. The second-order valence-electron chi connectivity index (χ2n) is 6.59. The number of hydrogen-bond donors (Lipinski definition) is 1. The van der Waals surface area contributed by atoms with E-state index >= 15 is 0 Å². The first kappa shape index (κ1) is 18.1. The van der Waals surface area contributed by atoms with Gasteiger partial charge >= 0.3 is 0 Å². The summed E-state index contributed by atoms with van der Waals surface area (Å²) in [5, 5.41) is 0. The fraction of sp³-hybridized carbons (Fsp3) is 0.136. The van der Waals surface area contributed by atoms with E-state index in [4.69, 9.17) is 0 Å². The molecule has 0 bridgehead atoms. The van der Waals surface area contributed by atoms with Gasteiger partial charge in [0.05, 0.1) is 4.88 Å². The second-order valence-corrected chi connectivity index (χ2v) is 7.88. The van der Waals surface area contributed by atoms with Crippen LogP contribution in [0.3, 0.4) is 0 Å². The Morgan fingerprint density at radius 3 is 2.64 bits per heavy atom. The number of Topliss-reactive ketones (excluding diaryl/α,β-unsaturated/α-hetero) is 1. The average molecular weight is 390 g/mol. The van der Waals surface area contributed by atoms with Crippen molar-refractivity contribution in [3.63, 3.8) is 0 Å². The lowest BCUT2D eigenvalue weighted by molar-refractivity contribution is -0.594. The molecular weight excluding hydrogens is 370 g/mol. The Labute approximate surface area is 166 Å². The predicted octanol–water partition coefficient (Wildman–Crippen LogP) is 3.63. The first-order chi connectivity index (χ1) is 13.6. The summed E-state index contributed by atoms with van der Waals surface area (Å²) in [6.07, 6.45) is 6.77. The molecule has 0 amide bonds. The van der Waals surface area contributed by atoms with Gasteiger partial charge in [-0.15, -0.1) is 11.3 Å². The summed E-state index contributed by atoms with van der Waals surface area (Å²) < 4.78 is 3.58. The molecule has 4 rings (SSSR count). The van der Waals surface area contributed by atoms with E-state index in [9.17, 15) is 9.59 Å². The zero-order valence-corrected chi connectivity index (χ0v) is 16.3. The van der Waals surface area contributed by atoms with Gasteiger partial charge in [-0.1, -0.05) is 6.07 Å². The van der Waals surface area contributed by atoms with E-state index < -0.39 is 0 Å². The molecule has 0 unspecified atom stereocenters. The highest BCUT2D eigenvalue weighted by Crippen LogP contribution is 2.17. The number of thiophene rings is 1. The number of aromatic amines is 1. The third-order valence-corrected chi connectivity index (χ3v) is 5.61. The van der Waals surface area contributed by atoms with Gasteiger partial charge in [0.25, 0.3) is 5.56 Å². The lowest BCUT2D eigenvalue weighted by atomic mass is 10.1. The molecule has 0 radical (unpaired) electrons. The van der Waals surface area contributed by atoms with Gasteiger partial charge in [0, 0.05) is 35.7 Å². The van der Waals surface area contributed by atoms with Gasteiger partial charge in [0.15, 0.2) is 5.78 Å². The fourth-order valence-corrected chi connectivity index (χ4v) is 3.90. The van der Waals surface area contributed by atoms with Crippen LogP contribution in [0.5, 0.6) is 0 Å². The highest BCUT2D eigenvalue weighted by atomic mass is 32.1. The van der Waals surface area contributed by atoms with Crippen molar-refractivity contribution >= 4 is 17.1 Å². The third kappa shape index (κ3) is 3.87. The van der Waals surface area contributed by atoms with Crippen LogP contribution >= 0.6 is 11.3 Å². The van der Waals surface area contributed by atoms with Crippen LogP contribution in [-0.2, 0) is 6.42 Å². The van der Waals surface area contributed by atoms with Crippen molar-refractivity contribution < 1.29 is 9.36 Å². The van der Waals surface area contributed by atoms with E-state index in [0.717, 1.165) is 26.8 Å². The SMILES string of the molecule is Cc1ccc(C(=O)CCc2c[n+](-c3ccc(-n4ccccc4=O)cc3)c[nH]2)s1. The number of ketones is 1. The van der Waals surface area contributed by atoms with Crippen molar-refractivity contribution in [3.05, 3.63) is 99.1 Å². The molecule has 5 nitrogen and oxygen atoms in total. The smallest absolute Gasteiger partial charge is 0.255 e. The molecule has 0 aliphatic carbocycles. The van der Waals surface area contributed by atoms with Gasteiger partial charge in [0.2, 0.25) is 6.33 Å². The van der Waals surface area contributed by atoms with E-state index in [0.29, 0.717) is 12.8 Å². The third-order valence-electron chi connectivity index (χ3n) is 4.57. The van der Waals surface area contributed by atoms with Crippen molar-refractivity contribution in [2.75, 3.05) is 0 Å². The first-order valence-corrected chi connectivity index (χ1v) is 9.88. The number of carbonyl (C=O) groups is 1. The summed E-state index contributed by atoms with van der Waals surface area (Å²) >= 11 is 1.54. The zero-order chi connectivity index (χ0) is 19.5. The van der Waals surface area contributed by atoms with Crippen LogP contribution in [0.25, 0.3) is 11.4 Å². The predicted molar refractivity (Wildman–Crippen MR) is 110 cm³/mol. The Hall–Kier alpha value is -3.25. The Morgan fingerprint density at radius 1 is 1.11 bits per heavy atom. The number of aryl methyl sites for hydroxylation is 2. The van der Waals surface area contributed by atoms with Crippen LogP contribution in [-0.4, -0.2) is 15.3 Å². The summed E-state index contributed by atoms with van der Waals surface area (Å²) in [6.45, 7) is 2.01. The standard InChI is InChI=1S/C22H19N3O2S/c1-16-5-12-21(28-16)20(26)11-6-17-14-24(15-23-17)18-7-9-19(10-8-18)25-13-3-2-4-22(25)27/h2-5,7-10,12-15H,6,11H2,1H3/p+1. The van der Waals surface area contributed by atoms with Gasteiger partial charge in [-0.3, -0.25) is 14.2 Å². The highest BCUT2D eigenvalue weighted by molar-refractivity contribution is 7.14. The number of carbonyl (C=O) groups excluding carboxylic acids is 1. The fourth-order valence-electron chi connectivity index (χ4n) is 3.06. The lowest BCUT2D eigenvalue weighted by Gasteiger charge is -2.04. The molecule has 0 aliphatic rings. The van der Waals surface area contributed by atoms with Crippen molar-refractivity contribution in [1.82, 2.24) is 9.55 Å². The minimum absolute atomic E-state index is 0.0579. The van der Waals surface area contributed by atoms with E-state index in [-0.39, 0.29) is 11.3 Å². The number of H-pyrrole nitrogens is 1. The first-order valence-electron chi connectivity index (χ1n) is 9.07. The number of nitrogens with zero attached hydrogens (tertiary/aromatic N) is 2. The number of nitrogens with one attached hydrogen (secondary N) is 1. The molecule has 140 valence electrons. The summed E-state index contributed by atoms with van der Waals surface area (Å²) in [7, 11) is 0. The molecule has 0 aliphatic heterocycles. The maximum absolute atomic E-state index is 12.3. The number of hydrogen-bond acceptors (Lipinski definition) is 3. The summed E-state index contributed by atoms with van der Waals surface area (Å²) in [4.78, 5) is 29.4. The zero-order valence-electron chi connectivity index (χ0n) is 15.5. The Kier molecular flexibility index (Phi) is 5.04. The molecule has 4 aromatic rings. The van der Waals surface area contributed by atoms with E-state index in [1.807, 2.05) is 66.5 Å². The van der Waals surface area contributed by atoms with Crippen molar-refractivity contribution in [2.24, 2.45) is 0 Å². The molecule has 28 heavy (non-hydrogen) atoms. The average Bonchev–Trinajstić information content (AvgIpc) is 3.36. The number of pyridine rings is 1.